The van der Waals surface area contributed by atoms with Gasteiger partial charge in [-0.25, -0.2) is 4.79 Å². The maximum atomic E-state index is 13.9. The molecule has 2 aromatic rings. The Hall–Kier alpha value is -2.18. The smallest absolute Gasteiger partial charge is 0.348 e. The van der Waals surface area contributed by atoms with Crippen LogP contribution in [0.5, 0.6) is 0 Å². The van der Waals surface area contributed by atoms with Gasteiger partial charge in [0.2, 0.25) is 5.91 Å². The molecule has 0 bridgehead atoms. The first-order valence-electron chi connectivity index (χ1n) is 11.8. The lowest BCUT2D eigenvalue weighted by atomic mass is 9.81. The molecule has 0 spiro atoms. The number of nitrogens with zero attached hydrogens (tertiary/aromatic N) is 1. The predicted molar refractivity (Wildman–Crippen MR) is 128 cm³/mol. The van der Waals surface area contributed by atoms with Gasteiger partial charge in [-0.05, 0) is 68.9 Å². The third-order valence-electron chi connectivity index (χ3n) is 7.17. The van der Waals surface area contributed by atoms with Crippen molar-refractivity contribution < 1.29 is 19.4 Å². The number of rotatable bonds is 6. The number of ether oxygens (including phenoxy) is 1. The molecule has 0 aliphatic heterocycles. The third-order valence-corrected chi connectivity index (χ3v) is 8.33. The van der Waals surface area contributed by atoms with Gasteiger partial charge in [0, 0.05) is 23.9 Å². The van der Waals surface area contributed by atoms with E-state index >= 15 is 0 Å². The second-order valence-electron chi connectivity index (χ2n) is 9.33. The van der Waals surface area contributed by atoms with Crippen LogP contribution in [0.15, 0.2) is 36.4 Å². The van der Waals surface area contributed by atoms with Gasteiger partial charge < -0.3 is 14.7 Å². The Labute approximate surface area is 194 Å². The summed E-state index contributed by atoms with van der Waals surface area (Å²) < 4.78 is 5.54. The Morgan fingerprint density at radius 2 is 1.66 bits per heavy atom. The maximum Gasteiger partial charge on any atom is 0.348 e. The van der Waals surface area contributed by atoms with E-state index in [1.807, 2.05) is 41.3 Å². The minimum atomic E-state index is -0.965. The number of carboxylic acids is 1. The minimum Gasteiger partial charge on any atom is -0.477 e. The lowest BCUT2D eigenvalue weighted by Gasteiger charge is -2.39. The first kappa shape index (κ1) is 23.0. The number of anilines is 1. The molecule has 1 aromatic heterocycles. The molecule has 0 atom stereocenters. The summed E-state index contributed by atoms with van der Waals surface area (Å²) in [4.78, 5) is 29.2. The van der Waals surface area contributed by atoms with E-state index in [1.165, 1.54) is 11.3 Å². The topological polar surface area (TPSA) is 66.8 Å². The molecule has 1 N–H and O–H groups in total. The zero-order valence-corrected chi connectivity index (χ0v) is 19.8. The van der Waals surface area contributed by atoms with Crippen LogP contribution in [0.2, 0.25) is 0 Å². The van der Waals surface area contributed by atoms with Gasteiger partial charge >= 0.3 is 5.97 Å². The summed E-state index contributed by atoms with van der Waals surface area (Å²) in [6.07, 6.45) is 7.59. The summed E-state index contributed by atoms with van der Waals surface area (Å²) >= 11 is 1.26. The number of aromatic carboxylic acids is 1. The zero-order chi connectivity index (χ0) is 22.7. The molecular weight excluding hydrogens is 422 g/mol. The van der Waals surface area contributed by atoms with E-state index in [9.17, 15) is 14.7 Å². The highest BCUT2D eigenvalue weighted by Crippen LogP contribution is 2.41. The highest BCUT2D eigenvalue weighted by atomic mass is 32.1. The number of carboxylic acid groups (broad SMARTS) is 1. The first-order chi connectivity index (χ1) is 15.5. The van der Waals surface area contributed by atoms with Crippen molar-refractivity contribution in [2.24, 2.45) is 11.8 Å². The Balaban J connectivity index is 1.71. The number of carbonyl (C=O) groups is 2. The van der Waals surface area contributed by atoms with Gasteiger partial charge in [0.15, 0.2) is 0 Å². The molecule has 172 valence electrons. The zero-order valence-electron chi connectivity index (χ0n) is 19.0. The number of benzene rings is 1. The van der Waals surface area contributed by atoms with Crippen LogP contribution in [0.4, 0.5) is 5.69 Å². The van der Waals surface area contributed by atoms with Gasteiger partial charge in [-0.15, -0.1) is 11.3 Å². The molecule has 0 saturated heterocycles. The summed E-state index contributed by atoms with van der Waals surface area (Å²) in [5, 5.41) is 10.0. The van der Waals surface area contributed by atoms with Crippen LogP contribution in [-0.4, -0.2) is 36.2 Å². The summed E-state index contributed by atoms with van der Waals surface area (Å²) in [6, 6.07) is 11.8. The molecule has 2 fully saturated rings. The quantitative estimate of drug-likeness (QED) is 0.561. The highest BCUT2D eigenvalue weighted by molar-refractivity contribution is 7.18. The minimum absolute atomic E-state index is 0.0181. The molecule has 6 heteroatoms. The van der Waals surface area contributed by atoms with Crippen molar-refractivity contribution in [1.29, 1.82) is 0 Å². The van der Waals surface area contributed by atoms with Crippen molar-refractivity contribution in [3.8, 4) is 10.4 Å². The molecule has 5 nitrogen and oxygen atoms in total. The summed E-state index contributed by atoms with van der Waals surface area (Å²) in [5.41, 5.74) is 1.55. The molecule has 2 aliphatic carbocycles. The summed E-state index contributed by atoms with van der Waals surface area (Å²) in [5.74, 6) is -0.219. The second-order valence-corrected chi connectivity index (χ2v) is 10.4. The van der Waals surface area contributed by atoms with Crippen molar-refractivity contribution in [1.82, 2.24) is 0 Å². The standard InChI is InChI=1S/C26H33NO4S/c1-17-8-10-19(11-9-17)25(28)27(20-12-14-21(31-2)15-13-20)22-16-23(32-24(22)26(29)30)18-6-4-3-5-7-18/h3-7,16-17,19-21H,8-15H2,1-2H3,(H,29,30). The fourth-order valence-corrected chi connectivity index (χ4v) is 6.19. The van der Waals surface area contributed by atoms with Crippen LogP contribution in [0.3, 0.4) is 0 Å². The number of carbonyl (C=O) groups excluding carboxylic acids is 1. The molecule has 2 saturated carbocycles. The molecule has 1 aromatic carbocycles. The van der Waals surface area contributed by atoms with Crippen LogP contribution >= 0.6 is 11.3 Å². The highest BCUT2D eigenvalue weighted by Gasteiger charge is 2.37. The molecule has 32 heavy (non-hydrogen) atoms. The molecule has 1 heterocycles. The largest absolute Gasteiger partial charge is 0.477 e. The maximum absolute atomic E-state index is 13.9. The lowest BCUT2D eigenvalue weighted by molar-refractivity contribution is -0.124. The Morgan fingerprint density at radius 1 is 1.00 bits per heavy atom. The van der Waals surface area contributed by atoms with Gasteiger partial charge in [-0.3, -0.25) is 4.79 Å². The molecule has 4 rings (SSSR count). The molecule has 2 aliphatic rings. The van der Waals surface area contributed by atoms with Gasteiger partial charge in [-0.1, -0.05) is 37.3 Å². The summed E-state index contributed by atoms with van der Waals surface area (Å²) in [7, 11) is 1.74. The number of hydrogen-bond acceptors (Lipinski definition) is 4. The normalized spacial score (nSPS) is 25.9. The average Bonchev–Trinajstić information content (AvgIpc) is 3.26. The average molecular weight is 456 g/mol. The Kier molecular flexibility index (Phi) is 7.31. The van der Waals surface area contributed by atoms with E-state index in [1.54, 1.807) is 7.11 Å². The number of thiophene rings is 1. The second kappa shape index (κ2) is 10.2. The fourth-order valence-electron chi connectivity index (χ4n) is 5.20. The molecular formula is C26H33NO4S. The SMILES string of the molecule is COC1CCC(N(C(=O)C2CCC(C)CC2)c2cc(-c3ccccc3)sc2C(=O)O)CC1. The summed E-state index contributed by atoms with van der Waals surface area (Å²) in [6.45, 7) is 2.25. The van der Waals surface area contributed by atoms with Crippen LogP contribution in [0.1, 0.15) is 68.0 Å². The monoisotopic (exact) mass is 455 g/mol. The van der Waals surface area contributed by atoms with Crippen LogP contribution < -0.4 is 4.90 Å². The predicted octanol–water partition coefficient (Wildman–Crippen LogP) is 6.23. The first-order valence-corrected chi connectivity index (χ1v) is 12.6. The van der Waals surface area contributed by atoms with Crippen molar-refractivity contribution in [2.45, 2.75) is 70.4 Å². The van der Waals surface area contributed by atoms with Crippen molar-refractivity contribution in [2.75, 3.05) is 12.0 Å². The number of hydrogen-bond donors (Lipinski definition) is 1. The van der Waals surface area contributed by atoms with Crippen molar-refractivity contribution in [3.05, 3.63) is 41.3 Å². The number of amides is 1. The van der Waals surface area contributed by atoms with E-state index in [0.717, 1.165) is 61.8 Å². The van der Waals surface area contributed by atoms with Crippen molar-refractivity contribution >= 4 is 28.9 Å². The van der Waals surface area contributed by atoms with Gasteiger partial charge in [0.05, 0.1) is 11.8 Å². The fraction of sp³-hybridized carbons (Fsp3) is 0.538. The van der Waals surface area contributed by atoms with E-state index in [0.29, 0.717) is 11.6 Å². The van der Waals surface area contributed by atoms with Gasteiger partial charge in [0.25, 0.3) is 0 Å². The number of methoxy groups -OCH3 is 1. The van der Waals surface area contributed by atoms with E-state index in [4.69, 9.17) is 4.74 Å². The third kappa shape index (κ3) is 4.91. The van der Waals surface area contributed by atoms with E-state index < -0.39 is 5.97 Å². The molecule has 1 amide bonds. The van der Waals surface area contributed by atoms with Crippen LogP contribution in [-0.2, 0) is 9.53 Å². The lowest BCUT2D eigenvalue weighted by Crippen LogP contribution is -2.47. The van der Waals surface area contributed by atoms with E-state index in [-0.39, 0.29) is 28.8 Å². The van der Waals surface area contributed by atoms with Crippen LogP contribution in [0, 0.1) is 11.8 Å². The Morgan fingerprint density at radius 3 is 2.25 bits per heavy atom. The van der Waals surface area contributed by atoms with Crippen molar-refractivity contribution in [3.63, 3.8) is 0 Å². The van der Waals surface area contributed by atoms with Crippen LogP contribution in [0.25, 0.3) is 10.4 Å². The van der Waals surface area contributed by atoms with E-state index in [2.05, 4.69) is 6.92 Å². The molecule has 0 unspecified atom stereocenters. The Bertz CT molecular complexity index is 925. The van der Waals surface area contributed by atoms with Gasteiger partial charge in [-0.2, -0.15) is 0 Å². The van der Waals surface area contributed by atoms with Gasteiger partial charge in [0.1, 0.15) is 4.88 Å². The molecule has 0 radical (unpaired) electrons.